The Labute approximate surface area is 213 Å². The zero-order valence-corrected chi connectivity index (χ0v) is 21.1. The van der Waals surface area contributed by atoms with Crippen molar-refractivity contribution in [3.05, 3.63) is 82.5 Å². The molecule has 4 aromatic rings. The second-order valence-corrected chi connectivity index (χ2v) is 10.2. The van der Waals surface area contributed by atoms with Crippen LogP contribution in [0.25, 0.3) is 10.1 Å². The first kappa shape index (κ1) is 24.3. The van der Waals surface area contributed by atoms with E-state index < -0.39 is 0 Å². The van der Waals surface area contributed by atoms with E-state index in [1.165, 1.54) is 36.0 Å². The largest absolute Gasteiger partial charge is 0.508 e. The zero-order valence-electron chi connectivity index (χ0n) is 20.3. The van der Waals surface area contributed by atoms with Crippen LogP contribution in [0, 0.1) is 18.7 Å². The lowest BCUT2D eigenvalue weighted by atomic mass is 9.98. The van der Waals surface area contributed by atoms with E-state index in [1.54, 1.807) is 25.1 Å². The molecule has 0 aliphatic carbocycles. The van der Waals surface area contributed by atoms with E-state index in [4.69, 9.17) is 9.47 Å². The van der Waals surface area contributed by atoms with Crippen LogP contribution in [0.15, 0.2) is 60.7 Å². The van der Waals surface area contributed by atoms with Gasteiger partial charge < -0.3 is 14.6 Å². The van der Waals surface area contributed by atoms with Gasteiger partial charge >= 0.3 is 0 Å². The van der Waals surface area contributed by atoms with Gasteiger partial charge in [0.15, 0.2) is 5.75 Å². The number of benzene rings is 3. The number of phenolic OH excluding ortho intramolecular Hbond substituents is 1. The molecule has 1 saturated heterocycles. The molecule has 1 aliphatic rings. The lowest BCUT2D eigenvalue weighted by molar-refractivity contribution is 0.0806. The average molecular weight is 506 g/mol. The summed E-state index contributed by atoms with van der Waals surface area (Å²) in [6.45, 7) is 7.78. The van der Waals surface area contributed by atoms with E-state index in [-0.39, 0.29) is 17.3 Å². The van der Waals surface area contributed by atoms with Crippen LogP contribution >= 0.6 is 11.3 Å². The van der Waals surface area contributed by atoms with E-state index in [1.807, 2.05) is 24.3 Å². The van der Waals surface area contributed by atoms with Gasteiger partial charge in [0, 0.05) is 35.3 Å². The molecule has 0 bridgehead atoms. The molecule has 1 fully saturated rings. The van der Waals surface area contributed by atoms with Gasteiger partial charge in [0.05, 0.1) is 0 Å². The number of ether oxygens (including phenoxy) is 2. The van der Waals surface area contributed by atoms with Gasteiger partial charge in [-0.15, -0.1) is 11.3 Å². The summed E-state index contributed by atoms with van der Waals surface area (Å²) in [7, 11) is 0. The second-order valence-electron chi connectivity index (χ2n) is 9.18. The molecule has 1 aromatic heterocycles. The van der Waals surface area contributed by atoms with Crippen molar-refractivity contribution in [2.24, 2.45) is 5.92 Å². The third-order valence-corrected chi connectivity index (χ3v) is 7.73. The standard InChI is InChI=1S/C29H28FNO4S/c1-3-19-16-31(17-19)12-13-34-22-6-8-23(9-7-22)35-28-25-11-5-21(32)15-26(25)36-29(28)27(33)24-10-4-20(30)14-18(24)2/h4-11,14-15,19,32H,3,12-13,16-17H2,1-2H3. The topological polar surface area (TPSA) is 59.0 Å². The fraction of sp³-hybridized carbons (Fsp3) is 0.276. The summed E-state index contributed by atoms with van der Waals surface area (Å²) in [4.78, 5) is 16.3. The molecule has 0 amide bonds. The lowest BCUT2D eigenvalue weighted by Crippen LogP contribution is -2.47. The number of nitrogens with zero attached hydrogens (tertiary/aromatic N) is 1. The molecule has 5 rings (SSSR count). The van der Waals surface area contributed by atoms with Crippen LogP contribution in [0.3, 0.4) is 0 Å². The number of fused-ring (bicyclic) bond motifs is 1. The predicted molar refractivity (Wildman–Crippen MR) is 140 cm³/mol. The molecule has 0 spiro atoms. The van der Waals surface area contributed by atoms with Gasteiger partial charge in [-0.1, -0.05) is 13.3 Å². The normalized spacial score (nSPS) is 14.1. The van der Waals surface area contributed by atoms with Gasteiger partial charge in [0.1, 0.15) is 34.5 Å². The Morgan fingerprint density at radius 2 is 1.83 bits per heavy atom. The number of thiophene rings is 1. The molecule has 3 aromatic carbocycles. The monoisotopic (exact) mass is 505 g/mol. The first-order valence-corrected chi connectivity index (χ1v) is 12.9. The van der Waals surface area contributed by atoms with Crippen molar-refractivity contribution in [2.75, 3.05) is 26.2 Å². The molecule has 36 heavy (non-hydrogen) atoms. The molecule has 0 unspecified atom stereocenters. The van der Waals surface area contributed by atoms with Gasteiger partial charge in [-0.25, -0.2) is 4.39 Å². The van der Waals surface area contributed by atoms with Crippen molar-refractivity contribution in [3.8, 4) is 23.0 Å². The maximum absolute atomic E-state index is 13.6. The Kier molecular flexibility index (Phi) is 6.94. The van der Waals surface area contributed by atoms with Gasteiger partial charge in [-0.05, 0) is 79.1 Å². The van der Waals surface area contributed by atoms with Crippen LogP contribution in [0.5, 0.6) is 23.0 Å². The molecule has 2 heterocycles. The van der Waals surface area contributed by atoms with Gasteiger partial charge in [0.25, 0.3) is 0 Å². The summed E-state index contributed by atoms with van der Waals surface area (Å²) in [5.74, 6) is 2.03. The maximum Gasteiger partial charge on any atom is 0.207 e. The number of aryl methyl sites for hydroxylation is 1. The fourth-order valence-electron chi connectivity index (χ4n) is 4.45. The van der Waals surface area contributed by atoms with Gasteiger partial charge in [-0.3, -0.25) is 9.69 Å². The first-order valence-electron chi connectivity index (χ1n) is 12.1. The van der Waals surface area contributed by atoms with E-state index in [0.717, 1.165) is 41.4 Å². The quantitative estimate of drug-likeness (QED) is 0.254. The Bertz CT molecular complexity index is 1390. The SMILES string of the molecule is CCC1CN(CCOc2ccc(Oc3c(C(=O)c4ccc(F)cc4C)sc4cc(O)ccc34)cc2)C1. The molecule has 1 N–H and O–H groups in total. The van der Waals surface area contributed by atoms with Crippen LogP contribution in [-0.4, -0.2) is 42.0 Å². The summed E-state index contributed by atoms with van der Waals surface area (Å²) >= 11 is 1.24. The number of ketones is 1. The lowest BCUT2D eigenvalue weighted by Gasteiger charge is -2.38. The molecular formula is C29H28FNO4S. The third-order valence-electron chi connectivity index (χ3n) is 6.60. The van der Waals surface area contributed by atoms with E-state index in [2.05, 4.69) is 11.8 Å². The van der Waals surface area contributed by atoms with Crippen LogP contribution in [-0.2, 0) is 0 Å². The van der Waals surface area contributed by atoms with Crippen molar-refractivity contribution in [1.82, 2.24) is 4.90 Å². The van der Waals surface area contributed by atoms with Crippen molar-refractivity contribution in [3.63, 3.8) is 0 Å². The van der Waals surface area contributed by atoms with Crippen LogP contribution in [0.2, 0.25) is 0 Å². The average Bonchev–Trinajstić information content (AvgIpc) is 3.18. The number of carbonyl (C=O) groups excluding carboxylic acids is 1. The minimum absolute atomic E-state index is 0.109. The summed E-state index contributed by atoms with van der Waals surface area (Å²) in [6, 6.07) is 16.4. The Morgan fingerprint density at radius 3 is 2.56 bits per heavy atom. The number of rotatable bonds is 9. The van der Waals surface area contributed by atoms with Crippen molar-refractivity contribution < 1.29 is 23.8 Å². The number of carbonyl (C=O) groups is 1. The fourth-order valence-corrected chi connectivity index (χ4v) is 5.57. The number of phenols is 1. The van der Waals surface area contributed by atoms with Crippen molar-refractivity contribution >= 4 is 27.2 Å². The highest BCUT2D eigenvalue weighted by molar-refractivity contribution is 7.21. The molecule has 0 radical (unpaired) electrons. The molecule has 1 aliphatic heterocycles. The number of halogens is 1. The molecule has 5 nitrogen and oxygen atoms in total. The van der Waals surface area contributed by atoms with Crippen LogP contribution < -0.4 is 9.47 Å². The van der Waals surface area contributed by atoms with E-state index in [0.29, 0.717) is 34.1 Å². The Balaban J connectivity index is 1.35. The van der Waals surface area contributed by atoms with Crippen LogP contribution in [0.4, 0.5) is 4.39 Å². The zero-order chi connectivity index (χ0) is 25.2. The Hall–Kier alpha value is -3.42. The maximum atomic E-state index is 13.6. The molecule has 0 atom stereocenters. The molecule has 0 saturated carbocycles. The second kappa shape index (κ2) is 10.3. The summed E-state index contributed by atoms with van der Waals surface area (Å²) in [5, 5.41) is 10.7. The highest BCUT2D eigenvalue weighted by atomic mass is 32.1. The summed E-state index contributed by atoms with van der Waals surface area (Å²) in [5.41, 5.74) is 0.962. The van der Waals surface area contributed by atoms with Crippen molar-refractivity contribution in [2.45, 2.75) is 20.3 Å². The van der Waals surface area contributed by atoms with Crippen LogP contribution in [0.1, 0.15) is 34.1 Å². The minimum atomic E-state index is -0.390. The number of hydrogen-bond acceptors (Lipinski definition) is 6. The smallest absolute Gasteiger partial charge is 0.207 e. The molecular weight excluding hydrogens is 477 g/mol. The highest BCUT2D eigenvalue weighted by Gasteiger charge is 2.25. The minimum Gasteiger partial charge on any atom is -0.508 e. The molecule has 7 heteroatoms. The summed E-state index contributed by atoms with van der Waals surface area (Å²) < 4.78 is 26.5. The summed E-state index contributed by atoms with van der Waals surface area (Å²) in [6.07, 6.45) is 1.23. The third kappa shape index (κ3) is 5.08. The Morgan fingerprint density at radius 1 is 1.08 bits per heavy atom. The number of likely N-dealkylation sites (tertiary alicyclic amines) is 1. The van der Waals surface area contributed by atoms with Gasteiger partial charge in [-0.2, -0.15) is 0 Å². The molecule has 186 valence electrons. The number of hydrogen-bond donors (Lipinski definition) is 1. The highest BCUT2D eigenvalue weighted by Crippen LogP contribution is 2.43. The van der Waals surface area contributed by atoms with Gasteiger partial charge in [0.2, 0.25) is 5.78 Å². The predicted octanol–water partition coefficient (Wildman–Crippen LogP) is 6.80. The first-order chi connectivity index (χ1) is 17.4. The van der Waals surface area contributed by atoms with Crippen molar-refractivity contribution in [1.29, 1.82) is 0 Å². The number of aromatic hydroxyl groups is 1. The van der Waals surface area contributed by atoms with E-state index >= 15 is 0 Å². The van der Waals surface area contributed by atoms with E-state index in [9.17, 15) is 14.3 Å².